The molecule has 0 spiro atoms. The van der Waals surface area contributed by atoms with Crippen molar-refractivity contribution in [1.29, 1.82) is 0 Å². The summed E-state index contributed by atoms with van der Waals surface area (Å²) < 4.78 is 5.17. The highest BCUT2D eigenvalue weighted by Crippen LogP contribution is 2.16. The summed E-state index contributed by atoms with van der Waals surface area (Å²) in [6.07, 6.45) is 3.54. The van der Waals surface area contributed by atoms with E-state index in [0.717, 1.165) is 31.7 Å². The number of amides is 1. The minimum absolute atomic E-state index is 0.157. The van der Waals surface area contributed by atoms with Crippen molar-refractivity contribution in [1.82, 2.24) is 10.2 Å². The first kappa shape index (κ1) is 11.2. The SMILES string of the molecule is CN1CCC(C(=O)NCc2ccco2)CC1. The number of nitrogens with zero attached hydrogens (tertiary/aromatic N) is 1. The molecule has 4 heteroatoms. The van der Waals surface area contributed by atoms with Crippen LogP contribution in [0.2, 0.25) is 0 Å². The lowest BCUT2D eigenvalue weighted by molar-refractivity contribution is -0.126. The first-order chi connectivity index (χ1) is 7.75. The van der Waals surface area contributed by atoms with Crippen molar-refractivity contribution in [2.75, 3.05) is 20.1 Å². The molecule has 1 aliphatic rings. The standard InChI is InChI=1S/C12H18N2O2/c1-14-6-4-10(5-7-14)12(15)13-9-11-3-2-8-16-11/h2-3,8,10H,4-7,9H2,1H3,(H,13,15). The molecule has 0 bridgehead atoms. The summed E-state index contributed by atoms with van der Waals surface area (Å²) in [5.74, 6) is 1.14. The summed E-state index contributed by atoms with van der Waals surface area (Å²) >= 11 is 0. The van der Waals surface area contributed by atoms with Crippen LogP contribution in [0, 0.1) is 5.92 Å². The van der Waals surface area contributed by atoms with Crippen molar-refractivity contribution in [2.24, 2.45) is 5.92 Å². The molecule has 0 aliphatic carbocycles. The monoisotopic (exact) mass is 222 g/mol. The molecule has 0 atom stereocenters. The Bertz CT molecular complexity index is 327. The van der Waals surface area contributed by atoms with Crippen LogP contribution < -0.4 is 5.32 Å². The van der Waals surface area contributed by atoms with Crippen LogP contribution in [0.15, 0.2) is 22.8 Å². The maximum atomic E-state index is 11.8. The third kappa shape index (κ3) is 2.85. The number of rotatable bonds is 3. The normalized spacial score (nSPS) is 18.6. The predicted octanol–water partition coefficient (Wildman–Crippen LogP) is 1.24. The Morgan fingerprint density at radius 1 is 1.56 bits per heavy atom. The molecule has 0 saturated carbocycles. The fraction of sp³-hybridized carbons (Fsp3) is 0.583. The Hall–Kier alpha value is -1.29. The van der Waals surface area contributed by atoms with Gasteiger partial charge in [-0.15, -0.1) is 0 Å². The highest BCUT2D eigenvalue weighted by Gasteiger charge is 2.22. The minimum atomic E-state index is 0.157. The molecule has 0 radical (unpaired) electrons. The van der Waals surface area contributed by atoms with Gasteiger partial charge in [-0.3, -0.25) is 4.79 Å². The van der Waals surface area contributed by atoms with Gasteiger partial charge in [0.1, 0.15) is 5.76 Å². The van der Waals surface area contributed by atoms with E-state index in [-0.39, 0.29) is 11.8 Å². The van der Waals surface area contributed by atoms with Crippen LogP contribution in [-0.2, 0) is 11.3 Å². The molecule has 1 aromatic heterocycles. The first-order valence-electron chi connectivity index (χ1n) is 5.74. The predicted molar refractivity (Wildman–Crippen MR) is 60.8 cm³/mol. The molecule has 1 aliphatic heterocycles. The van der Waals surface area contributed by atoms with Crippen molar-refractivity contribution in [3.05, 3.63) is 24.2 Å². The first-order valence-corrected chi connectivity index (χ1v) is 5.74. The van der Waals surface area contributed by atoms with Gasteiger partial charge in [0.15, 0.2) is 0 Å². The van der Waals surface area contributed by atoms with Crippen LogP contribution in [0.3, 0.4) is 0 Å². The lowest BCUT2D eigenvalue weighted by Crippen LogP contribution is -2.38. The molecule has 1 fully saturated rings. The zero-order valence-corrected chi connectivity index (χ0v) is 9.61. The number of nitrogens with one attached hydrogen (secondary N) is 1. The molecule has 1 aromatic rings. The molecule has 0 unspecified atom stereocenters. The minimum Gasteiger partial charge on any atom is -0.467 e. The molecule has 0 aromatic carbocycles. The van der Waals surface area contributed by atoms with Gasteiger partial charge in [-0.25, -0.2) is 0 Å². The molecule has 1 N–H and O–H groups in total. The summed E-state index contributed by atoms with van der Waals surface area (Å²) in [5, 5.41) is 2.92. The van der Waals surface area contributed by atoms with Crippen molar-refractivity contribution < 1.29 is 9.21 Å². The van der Waals surface area contributed by atoms with Crippen LogP contribution in [-0.4, -0.2) is 30.9 Å². The highest BCUT2D eigenvalue weighted by molar-refractivity contribution is 5.78. The fourth-order valence-corrected chi connectivity index (χ4v) is 2.00. The van der Waals surface area contributed by atoms with Crippen LogP contribution in [0.25, 0.3) is 0 Å². The molecular formula is C12H18N2O2. The average Bonchev–Trinajstić information content (AvgIpc) is 2.80. The average molecular weight is 222 g/mol. The van der Waals surface area contributed by atoms with Gasteiger partial charge in [-0.1, -0.05) is 0 Å². The van der Waals surface area contributed by atoms with E-state index >= 15 is 0 Å². The topological polar surface area (TPSA) is 45.5 Å². The van der Waals surface area contributed by atoms with Gasteiger partial charge in [0.25, 0.3) is 0 Å². The van der Waals surface area contributed by atoms with Gasteiger partial charge in [0, 0.05) is 5.92 Å². The van der Waals surface area contributed by atoms with Crippen molar-refractivity contribution in [3.8, 4) is 0 Å². The van der Waals surface area contributed by atoms with E-state index in [4.69, 9.17) is 4.42 Å². The smallest absolute Gasteiger partial charge is 0.223 e. The fourth-order valence-electron chi connectivity index (χ4n) is 2.00. The number of hydrogen-bond acceptors (Lipinski definition) is 3. The Morgan fingerprint density at radius 3 is 2.94 bits per heavy atom. The molecule has 88 valence electrons. The Balaban J connectivity index is 1.75. The van der Waals surface area contributed by atoms with E-state index in [1.165, 1.54) is 0 Å². The lowest BCUT2D eigenvalue weighted by atomic mass is 9.96. The molecule has 4 nitrogen and oxygen atoms in total. The van der Waals surface area contributed by atoms with Gasteiger partial charge < -0.3 is 14.6 Å². The molecular weight excluding hydrogens is 204 g/mol. The zero-order valence-electron chi connectivity index (χ0n) is 9.61. The number of furan rings is 1. The summed E-state index contributed by atoms with van der Waals surface area (Å²) in [5.41, 5.74) is 0. The Labute approximate surface area is 95.6 Å². The highest BCUT2D eigenvalue weighted by atomic mass is 16.3. The summed E-state index contributed by atoms with van der Waals surface area (Å²) in [7, 11) is 2.09. The largest absolute Gasteiger partial charge is 0.467 e. The Kier molecular flexibility index (Phi) is 3.62. The van der Waals surface area contributed by atoms with Crippen LogP contribution in [0.5, 0.6) is 0 Å². The maximum absolute atomic E-state index is 11.8. The maximum Gasteiger partial charge on any atom is 0.223 e. The Morgan fingerprint density at radius 2 is 2.31 bits per heavy atom. The van der Waals surface area contributed by atoms with E-state index in [0.29, 0.717) is 6.54 Å². The van der Waals surface area contributed by atoms with Crippen LogP contribution >= 0.6 is 0 Å². The summed E-state index contributed by atoms with van der Waals surface area (Å²) in [4.78, 5) is 14.1. The number of carbonyl (C=O) groups is 1. The van der Waals surface area contributed by atoms with Crippen LogP contribution in [0.1, 0.15) is 18.6 Å². The van der Waals surface area contributed by atoms with E-state index in [9.17, 15) is 4.79 Å². The van der Waals surface area contributed by atoms with E-state index in [1.807, 2.05) is 12.1 Å². The van der Waals surface area contributed by atoms with E-state index < -0.39 is 0 Å². The summed E-state index contributed by atoms with van der Waals surface area (Å²) in [6.45, 7) is 2.52. The van der Waals surface area contributed by atoms with Crippen LogP contribution in [0.4, 0.5) is 0 Å². The second kappa shape index (κ2) is 5.16. The number of carbonyl (C=O) groups excluding carboxylic acids is 1. The number of piperidine rings is 1. The van der Waals surface area contributed by atoms with E-state index in [2.05, 4.69) is 17.3 Å². The van der Waals surface area contributed by atoms with Crippen molar-refractivity contribution in [2.45, 2.75) is 19.4 Å². The molecule has 16 heavy (non-hydrogen) atoms. The molecule has 2 rings (SSSR count). The summed E-state index contributed by atoms with van der Waals surface area (Å²) in [6, 6.07) is 3.70. The zero-order chi connectivity index (χ0) is 11.4. The van der Waals surface area contributed by atoms with Gasteiger partial charge in [0.05, 0.1) is 12.8 Å². The molecule has 1 saturated heterocycles. The lowest BCUT2D eigenvalue weighted by Gasteiger charge is -2.27. The van der Waals surface area contributed by atoms with Crippen molar-refractivity contribution >= 4 is 5.91 Å². The van der Waals surface area contributed by atoms with Gasteiger partial charge in [0.2, 0.25) is 5.91 Å². The van der Waals surface area contributed by atoms with E-state index in [1.54, 1.807) is 6.26 Å². The van der Waals surface area contributed by atoms with Gasteiger partial charge in [-0.05, 0) is 45.1 Å². The van der Waals surface area contributed by atoms with Crippen molar-refractivity contribution in [3.63, 3.8) is 0 Å². The van der Waals surface area contributed by atoms with Gasteiger partial charge in [-0.2, -0.15) is 0 Å². The van der Waals surface area contributed by atoms with Gasteiger partial charge >= 0.3 is 0 Å². The number of hydrogen-bond donors (Lipinski definition) is 1. The molecule has 1 amide bonds. The third-order valence-corrected chi connectivity index (χ3v) is 3.11. The second-order valence-corrected chi connectivity index (χ2v) is 4.37. The number of likely N-dealkylation sites (tertiary alicyclic amines) is 1. The quantitative estimate of drug-likeness (QED) is 0.837. The second-order valence-electron chi connectivity index (χ2n) is 4.37. The third-order valence-electron chi connectivity index (χ3n) is 3.11. The molecule has 2 heterocycles.